The quantitative estimate of drug-likeness (QED) is 0.648. The number of likely N-dealkylation sites (N-methyl/N-ethyl adjacent to an activating group) is 1. The Hall–Kier alpha value is -2.05. The minimum absolute atomic E-state index is 0.0564. The predicted octanol–water partition coefficient (Wildman–Crippen LogP) is 1.89. The number of rotatable bonds is 4. The van der Waals surface area contributed by atoms with E-state index in [0.717, 1.165) is 5.76 Å². The van der Waals surface area contributed by atoms with Gasteiger partial charge in [0.1, 0.15) is 5.76 Å². The lowest BCUT2D eigenvalue weighted by Crippen LogP contribution is -2.48. The van der Waals surface area contributed by atoms with Crippen LogP contribution in [0.15, 0.2) is 15.6 Å². The second-order valence-corrected chi connectivity index (χ2v) is 7.92. The number of carbonyl (C=O) groups is 1. The average Bonchev–Trinajstić information content (AvgIpc) is 2.85. The first-order valence-corrected chi connectivity index (χ1v) is 8.10. The minimum atomic E-state index is -0.254. The lowest BCUT2D eigenvalue weighted by molar-refractivity contribution is -0.122. The van der Waals surface area contributed by atoms with Crippen LogP contribution in [-0.2, 0) is 16.8 Å². The van der Waals surface area contributed by atoms with E-state index in [9.17, 15) is 4.79 Å². The molecule has 0 unspecified atom stereocenters. The fourth-order valence-electron chi connectivity index (χ4n) is 2.03. The smallest absolute Gasteiger partial charge is 0.240 e. The molecule has 0 radical (unpaired) electrons. The normalized spacial score (nSPS) is 12.9. The molecule has 0 aromatic carbocycles. The lowest BCUT2D eigenvalue weighted by Gasteiger charge is -2.25. The van der Waals surface area contributed by atoms with Crippen molar-refractivity contribution in [3.63, 3.8) is 0 Å². The van der Waals surface area contributed by atoms with Crippen LogP contribution in [0.1, 0.15) is 53.2 Å². The fourth-order valence-corrected chi connectivity index (χ4v) is 2.03. The highest BCUT2D eigenvalue weighted by Crippen LogP contribution is 2.22. The highest BCUT2D eigenvalue weighted by Gasteiger charge is 2.20. The van der Waals surface area contributed by atoms with Crippen molar-refractivity contribution < 1.29 is 9.21 Å². The number of aromatic nitrogens is 1. The van der Waals surface area contributed by atoms with Gasteiger partial charge in [-0.1, -0.05) is 20.8 Å². The van der Waals surface area contributed by atoms with Crippen LogP contribution in [0.5, 0.6) is 0 Å². The third-order valence-corrected chi connectivity index (χ3v) is 3.16. The van der Waals surface area contributed by atoms with Crippen molar-refractivity contribution in [3.05, 3.63) is 17.8 Å². The average molecular weight is 337 g/mol. The summed E-state index contributed by atoms with van der Waals surface area (Å²) in [5, 5.41) is 6.09. The second-order valence-electron chi connectivity index (χ2n) is 7.92. The number of carbonyl (C=O) groups excluding carboxylic acids is 1. The molecule has 0 saturated carbocycles. The summed E-state index contributed by atoms with van der Waals surface area (Å²) in [6.07, 6.45) is 1.75. The largest absolute Gasteiger partial charge is 0.443 e. The van der Waals surface area contributed by atoms with Crippen molar-refractivity contribution in [1.82, 2.24) is 20.5 Å². The molecule has 0 bridgehead atoms. The Labute approximate surface area is 144 Å². The van der Waals surface area contributed by atoms with E-state index in [-0.39, 0.29) is 23.4 Å². The van der Waals surface area contributed by atoms with Crippen LogP contribution < -0.4 is 10.6 Å². The molecule has 2 N–H and O–H groups in total. The first kappa shape index (κ1) is 20.0. The van der Waals surface area contributed by atoms with Gasteiger partial charge in [0.25, 0.3) is 0 Å². The molecule has 0 aliphatic rings. The number of aliphatic imine (C=N–C) groups is 1. The molecule has 24 heavy (non-hydrogen) atoms. The van der Waals surface area contributed by atoms with Crippen LogP contribution >= 0.6 is 0 Å². The summed E-state index contributed by atoms with van der Waals surface area (Å²) in [5.41, 5.74) is -0.328. The number of nitrogens with zero attached hydrogens (tertiary/aromatic N) is 3. The van der Waals surface area contributed by atoms with E-state index in [1.165, 1.54) is 0 Å². The van der Waals surface area contributed by atoms with Gasteiger partial charge in [-0.25, -0.2) is 4.98 Å². The van der Waals surface area contributed by atoms with Gasteiger partial charge in [0.05, 0.1) is 19.3 Å². The van der Waals surface area contributed by atoms with Crippen molar-refractivity contribution in [2.45, 2.75) is 59.0 Å². The molecule has 1 aromatic rings. The predicted molar refractivity (Wildman–Crippen MR) is 95.9 cm³/mol. The van der Waals surface area contributed by atoms with Gasteiger partial charge in [0.2, 0.25) is 11.8 Å². The molecule has 7 nitrogen and oxygen atoms in total. The first-order chi connectivity index (χ1) is 10.9. The Morgan fingerprint density at radius 2 is 1.92 bits per heavy atom. The molecule has 0 aliphatic carbocycles. The van der Waals surface area contributed by atoms with E-state index in [0.29, 0.717) is 18.4 Å². The molecular formula is C17H31N5O2. The Morgan fingerprint density at radius 1 is 1.29 bits per heavy atom. The Kier molecular flexibility index (Phi) is 6.40. The molecule has 1 rings (SSSR count). The molecule has 1 amide bonds. The molecule has 136 valence electrons. The van der Waals surface area contributed by atoms with Crippen LogP contribution in [0.2, 0.25) is 0 Å². The van der Waals surface area contributed by atoms with Gasteiger partial charge in [0.15, 0.2) is 5.96 Å². The molecule has 0 atom stereocenters. The van der Waals surface area contributed by atoms with Gasteiger partial charge in [-0.2, -0.15) is 0 Å². The van der Waals surface area contributed by atoms with E-state index < -0.39 is 0 Å². The van der Waals surface area contributed by atoms with E-state index in [1.54, 1.807) is 18.1 Å². The highest BCUT2D eigenvalue weighted by atomic mass is 16.4. The summed E-state index contributed by atoms with van der Waals surface area (Å²) in [7, 11) is 3.49. The number of amides is 1. The zero-order valence-electron chi connectivity index (χ0n) is 16.1. The highest BCUT2D eigenvalue weighted by molar-refractivity contribution is 5.86. The summed E-state index contributed by atoms with van der Waals surface area (Å²) in [5.74, 6) is 1.98. The minimum Gasteiger partial charge on any atom is -0.443 e. The molecule has 7 heteroatoms. The SMILES string of the molecule is CN=C(NCc1ncc(C(C)(C)C)o1)N(C)CC(=O)NC(C)(C)C. The van der Waals surface area contributed by atoms with Gasteiger partial charge in [-0.15, -0.1) is 0 Å². The zero-order valence-corrected chi connectivity index (χ0v) is 16.1. The zero-order chi connectivity index (χ0) is 18.5. The Balaban J connectivity index is 2.58. The van der Waals surface area contributed by atoms with Crippen LogP contribution in [0, 0.1) is 0 Å². The maximum atomic E-state index is 12.0. The summed E-state index contributed by atoms with van der Waals surface area (Å²) < 4.78 is 5.74. The van der Waals surface area contributed by atoms with Gasteiger partial charge in [-0.3, -0.25) is 9.79 Å². The van der Waals surface area contributed by atoms with E-state index in [4.69, 9.17) is 4.42 Å². The standard InChI is InChI=1S/C17H31N5O2/c1-16(2,3)12-9-19-14(24-12)10-20-15(18-7)22(8)11-13(23)21-17(4,5)6/h9H,10-11H2,1-8H3,(H,18,20)(H,21,23). The Morgan fingerprint density at radius 3 is 2.38 bits per heavy atom. The first-order valence-electron chi connectivity index (χ1n) is 8.10. The third kappa shape index (κ3) is 6.60. The summed E-state index contributed by atoms with van der Waals surface area (Å²) in [6, 6.07) is 0. The molecule has 0 saturated heterocycles. The van der Waals surface area contributed by atoms with Crippen LogP contribution in [0.25, 0.3) is 0 Å². The van der Waals surface area contributed by atoms with Crippen molar-refractivity contribution in [2.75, 3.05) is 20.6 Å². The van der Waals surface area contributed by atoms with Crippen LogP contribution in [-0.4, -0.2) is 47.9 Å². The van der Waals surface area contributed by atoms with Gasteiger partial charge in [0, 0.05) is 25.0 Å². The number of hydrogen-bond acceptors (Lipinski definition) is 4. The van der Waals surface area contributed by atoms with Crippen molar-refractivity contribution in [1.29, 1.82) is 0 Å². The monoisotopic (exact) mass is 337 g/mol. The third-order valence-electron chi connectivity index (χ3n) is 3.16. The molecule has 0 aliphatic heterocycles. The number of guanidine groups is 1. The maximum Gasteiger partial charge on any atom is 0.240 e. The van der Waals surface area contributed by atoms with Crippen LogP contribution in [0.3, 0.4) is 0 Å². The Bertz CT molecular complexity index is 579. The molecule has 1 heterocycles. The number of oxazole rings is 1. The summed E-state index contributed by atoms with van der Waals surface area (Å²) >= 11 is 0. The van der Waals surface area contributed by atoms with Crippen molar-refractivity contribution in [3.8, 4) is 0 Å². The summed E-state index contributed by atoms with van der Waals surface area (Å²) in [4.78, 5) is 22.2. The van der Waals surface area contributed by atoms with Gasteiger partial charge >= 0.3 is 0 Å². The molecular weight excluding hydrogens is 306 g/mol. The van der Waals surface area contributed by atoms with Crippen LogP contribution in [0.4, 0.5) is 0 Å². The maximum absolute atomic E-state index is 12.0. The van der Waals surface area contributed by atoms with Crippen molar-refractivity contribution in [2.24, 2.45) is 4.99 Å². The summed E-state index contributed by atoms with van der Waals surface area (Å²) in [6.45, 7) is 12.7. The molecule has 1 aromatic heterocycles. The fraction of sp³-hybridized carbons (Fsp3) is 0.706. The topological polar surface area (TPSA) is 82.8 Å². The van der Waals surface area contributed by atoms with Gasteiger partial charge in [-0.05, 0) is 20.8 Å². The van der Waals surface area contributed by atoms with E-state index in [1.807, 2.05) is 27.8 Å². The second kappa shape index (κ2) is 7.68. The van der Waals surface area contributed by atoms with E-state index in [2.05, 4.69) is 41.4 Å². The number of nitrogens with one attached hydrogen (secondary N) is 2. The van der Waals surface area contributed by atoms with E-state index >= 15 is 0 Å². The lowest BCUT2D eigenvalue weighted by atomic mass is 9.94. The molecule has 0 spiro atoms. The van der Waals surface area contributed by atoms with Crippen molar-refractivity contribution >= 4 is 11.9 Å². The molecule has 0 fully saturated rings. The number of hydrogen-bond donors (Lipinski definition) is 2. The van der Waals surface area contributed by atoms with Gasteiger partial charge < -0.3 is 20.0 Å².